The zero-order valence-corrected chi connectivity index (χ0v) is 17.8. The second-order valence-corrected chi connectivity index (χ2v) is 9.20. The van der Waals surface area contributed by atoms with E-state index in [0.717, 1.165) is 50.0 Å². The average molecular weight is 396 g/mol. The number of hydrogen-bond acceptors (Lipinski definition) is 4. The Morgan fingerprint density at radius 3 is 2.83 bits per heavy atom. The zero-order valence-electron chi connectivity index (χ0n) is 17.8. The van der Waals surface area contributed by atoms with Crippen molar-refractivity contribution in [3.63, 3.8) is 0 Å². The third-order valence-electron chi connectivity index (χ3n) is 7.04. The van der Waals surface area contributed by atoms with E-state index < -0.39 is 0 Å². The molecule has 2 aliphatic rings. The second kappa shape index (κ2) is 8.38. The van der Waals surface area contributed by atoms with Crippen molar-refractivity contribution in [3.05, 3.63) is 35.5 Å². The Bertz CT molecular complexity index is 884. The van der Waals surface area contributed by atoms with Gasteiger partial charge >= 0.3 is 0 Å². The van der Waals surface area contributed by atoms with Crippen LogP contribution in [0, 0.1) is 29.2 Å². The van der Waals surface area contributed by atoms with Crippen LogP contribution in [0.5, 0.6) is 0 Å². The Morgan fingerprint density at radius 2 is 2.07 bits per heavy atom. The van der Waals surface area contributed by atoms with Gasteiger partial charge in [0.05, 0.1) is 18.3 Å². The van der Waals surface area contributed by atoms with Gasteiger partial charge in [-0.2, -0.15) is 5.26 Å². The second-order valence-electron chi connectivity index (χ2n) is 9.20. The van der Waals surface area contributed by atoms with E-state index in [0.29, 0.717) is 11.8 Å². The summed E-state index contributed by atoms with van der Waals surface area (Å²) in [5.74, 6) is 0.952. The number of aliphatic hydroxyl groups is 1. The molecular weight excluding hydrogens is 362 g/mol. The standard InChI is InChI=1S/C24H33N3O2/c1-15(2)29-23-12-20-16(3)22(28)9-8-17(20)13-27(14-25)11-10-19-18-6-4-5-7-21(18)26-24(19)23/h4-7,15-17,20,22-23,26,28H,8-13H2,1-3H3/t16-,17+,20-,22+,23+/m1/s1. The normalized spacial score (nSPS) is 30.6. The van der Waals surface area contributed by atoms with Crippen molar-refractivity contribution in [2.75, 3.05) is 13.1 Å². The summed E-state index contributed by atoms with van der Waals surface area (Å²) < 4.78 is 6.47. The van der Waals surface area contributed by atoms with Crippen LogP contribution in [0.2, 0.25) is 0 Å². The first-order valence-electron chi connectivity index (χ1n) is 11.1. The lowest BCUT2D eigenvalue weighted by Crippen LogP contribution is -2.42. The van der Waals surface area contributed by atoms with Crippen LogP contribution < -0.4 is 0 Å². The topological polar surface area (TPSA) is 72.3 Å². The summed E-state index contributed by atoms with van der Waals surface area (Å²) in [7, 11) is 0. The lowest BCUT2D eigenvalue weighted by Gasteiger charge is -2.43. The molecule has 2 N–H and O–H groups in total. The average Bonchev–Trinajstić information content (AvgIpc) is 3.07. The fraction of sp³-hybridized carbons (Fsp3) is 0.625. The molecule has 0 spiro atoms. The molecule has 2 heterocycles. The van der Waals surface area contributed by atoms with E-state index in [9.17, 15) is 10.4 Å². The predicted molar refractivity (Wildman–Crippen MR) is 114 cm³/mol. The largest absolute Gasteiger partial charge is 0.393 e. The number of fused-ring (bicyclic) bond motifs is 4. The van der Waals surface area contributed by atoms with Gasteiger partial charge in [-0.25, -0.2) is 0 Å². The summed E-state index contributed by atoms with van der Waals surface area (Å²) in [5, 5.41) is 21.6. The van der Waals surface area contributed by atoms with Crippen molar-refractivity contribution in [2.45, 2.75) is 64.8 Å². The summed E-state index contributed by atoms with van der Waals surface area (Å²) >= 11 is 0. The van der Waals surface area contributed by atoms with Crippen molar-refractivity contribution < 1.29 is 9.84 Å². The maximum atomic E-state index is 10.6. The first kappa shape index (κ1) is 20.3. The smallest absolute Gasteiger partial charge is 0.179 e. The highest BCUT2D eigenvalue weighted by Crippen LogP contribution is 2.43. The van der Waals surface area contributed by atoms with Crippen LogP contribution in [0.1, 0.15) is 57.4 Å². The number of nitrogens with zero attached hydrogens (tertiary/aromatic N) is 2. The molecule has 1 aromatic carbocycles. The quantitative estimate of drug-likeness (QED) is 0.740. The summed E-state index contributed by atoms with van der Waals surface area (Å²) in [6.45, 7) is 7.86. The molecule has 0 amide bonds. The first-order valence-corrected chi connectivity index (χ1v) is 11.1. The van der Waals surface area contributed by atoms with E-state index in [4.69, 9.17) is 4.74 Å². The third kappa shape index (κ3) is 4.01. The van der Waals surface area contributed by atoms with E-state index in [1.807, 2.05) is 4.90 Å². The first-order chi connectivity index (χ1) is 14.0. The molecule has 0 radical (unpaired) electrons. The van der Waals surface area contributed by atoms with Crippen LogP contribution in [0.4, 0.5) is 0 Å². The number of ether oxygens (including phenoxy) is 1. The van der Waals surface area contributed by atoms with Crippen LogP contribution in [0.25, 0.3) is 10.9 Å². The molecule has 5 heteroatoms. The molecular formula is C24H33N3O2. The van der Waals surface area contributed by atoms with Gasteiger partial charge in [0.15, 0.2) is 6.19 Å². The van der Waals surface area contributed by atoms with Gasteiger partial charge in [0, 0.05) is 29.7 Å². The molecule has 5 atom stereocenters. The number of aromatic amines is 1. The number of para-hydroxylation sites is 1. The molecule has 29 heavy (non-hydrogen) atoms. The van der Waals surface area contributed by atoms with Crippen molar-refractivity contribution in [2.24, 2.45) is 17.8 Å². The van der Waals surface area contributed by atoms with Gasteiger partial charge in [-0.15, -0.1) is 0 Å². The fourth-order valence-electron chi connectivity index (χ4n) is 5.50. The molecule has 0 saturated heterocycles. The number of aliphatic hydroxyl groups excluding tert-OH is 1. The van der Waals surface area contributed by atoms with Gasteiger partial charge in [-0.3, -0.25) is 0 Å². The Labute approximate surface area is 173 Å². The van der Waals surface area contributed by atoms with Gasteiger partial charge in [-0.1, -0.05) is 25.1 Å². The van der Waals surface area contributed by atoms with Gasteiger partial charge in [0.25, 0.3) is 0 Å². The van der Waals surface area contributed by atoms with E-state index in [-0.39, 0.29) is 24.2 Å². The van der Waals surface area contributed by atoms with Crippen LogP contribution in [0.15, 0.2) is 24.3 Å². The highest BCUT2D eigenvalue weighted by atomic mass is 16.5. The van der Waals surface area contributed by atoms with Crippen molar-refractivity contribution in [1.29, 1.82) is 5.26 Å². The van der Waals surface area contributed by atoms with E-state index in [2.05, 4.69) is 56.2 Å². The van der Waals surface area contributed by atoms with Crippen LogP contribution in [0.3, 0.4) is 0 Å². The Morgan fingerprint density at radius 1 is 1.28 bits per heavy atom. The molecule has 1 aliphatic carbocycles. The molecule has 4 rings (SSSR count). The number of benzene rings is 1. The van der Waals surface area contributed by atoms with Crippen LogP contribution >= 0.6 is 0 Å². The minimum atomic E-state index is -0.267. The van der Waals surface area contributed by atoms with Gasteiger partial charge in [-0.05, 0) is 68.9 Å². The van der Waals surface area contributed by atoms with Crippen LogP contribution in [-0.4, -0.2) is 40.3 Å². The lowest BCUT2D eigenvalue weighted by molar-refractivity contribution is -0.0531. The van der Waals surface area contributed by atoms with Gasteiger partial charge in [0.2, 0.25) is 0 Å². The maximum Gasteiger partial charge on any atom is 0.179 e. The molecule has 0 unspecified atom stereocenters. The zero-order chi connectivity index (χ0) is 20.5. The summed E-state index contributed by atoms with van der Waals surface area (Å²) in [6, 6.07) is 8.41. The molecule has 5 nitrogen and oxygen atoms in total. The molecule has 1 saturated carbocycles. The van der Waals surface area contributed by atoms with Crippen molar-refractivity contribution >= 4 is 10.9 Å². The molecule has 1 aromatic heterocycles. The lowest BCUT2D eigenvalue weighted by atomic mass is 9.68. The fourth-order valence-corrected chi connectivity index (χ4v) is 5.50. The van der Waals surface area contributed by atoms with Gasteiger partial charge in [0.1, 0.15) is 0 Å². The SMILES string of the molecule is CC(C)O[C@H]1C[C@H]2[C@@H](CC[C@H](O)[C@@H]2C)CN(C#N)CCc2c1[nH]c1ccccc21. The molecule has 2 aromatic rings. The molecule has 1 fully saturated rings. The molecule has 0 bridgehead atoms. The monoisotopic (exact) mass is 395 g/mol. The Kier molecular flexibility index (Phi) is 5.85. The summed E-state index contributed by atoms with van der Waals surface area (Å²) in [4.78, 5) is 5.58. The number of hydrogen-bond donors (Lipinski definition) is 2. The highest BCUT2D eigenvalue weighted by Gasteiger charge is 2.40. The number of rotatable bonds is 2. The van der Waals surface area contributed by atoms with Crippen molar-refractivity contribution in [3.8, 4) is 6.19 Å². The summed E-state index contributed by atoms with van der Waals surface area (Å²) in [5.41, 5.74) is 3.56. The van der Waals surface area contributed by atoms with E-state index in [1.54, 1.807) is 0 Å². The maximum absolute atomic E-state index is 10.6. The molecule has 1 aliphatic heterocycles. The van der Waals surface area contributed by atoms with E-state index >= 15 is 0 Å². The predicted octanol–water partition coefficient (Wildman–Crippen LogP) is 4.39. The number of aromatic nitrogens is 1. The number of nitrogens with one attached hydrogen (secondary N) is 1. The minimum absolute atomic E-state index is 0.0220. The summed E-state index contributed by atoms with van der Waals surface area (Å²) in [6.07, 6.45) is 5.77. The Hall–Kier alpha value is -2.03. The number of nitriles is 1. The highest BCUT2D eigenvalue weighted by molar-refractivity contribution is 5.84. The number of H-pyrrole nitrogens is 1. The van der Waals surface area contributed by atoms with Crippen molar-refractivity contribution in [1.82, 2.24) is 9.88 Å². The molecule has 156 valence electrons. The van der Waals surface area contributed by atoms with Gasteiger partial charge < -0.3 is 19.7 Å². The van der Waals surface area contributed by atoms with E-state index in [1.165, 1.54) is 10.9 Å². The third-order valence-corrected chi connectivity index (χ3v) is 7.04. The van der Waals surface area contributed by atoms with Crippen LogP contribution in [-0.2, 0) is 11.2 Å². The minimum Gasteiger partial charge on any atom is -0.393 e. The Balaban J connectivity index is 1.80.